The van der Waals surface area contributed by atoms with E-state index < -0.39 is 0 Å². The molecule has 0 saturated carbocycles. The summed E-state index contributed by atoms with van der Waals surface area (Å²) in [7, 11) is 1.36. The van der Waals surface area contributed by atoms with Gasteiger partial charge >= 0.3 is 5.97 Å². The van der Waals surface area contributed by atoms with Gasteiger partial charge in [0.05, 0.1) is 12.7 Å². The third-order valence-electron chi connectivity index (χ3n) is 2.17. The molecule has 0 aliphatic carbocycles. The predicted molar refractivity (Wildman–Crippen MR) is 63.6 cm³/mol. The molecule has 0 aliphatic rings. The molecule has 0 spiro atoms. The number of hydrogen-bond acceptors (Lipinski definition) is 2. The Balaban J connectivity index is 4.50. The summed E-state index contributed by atoms with van der Waals surface area (Å²) in [5.41, 5.74) is 2.56. The number of methoxy groups -OCH3 is 1. The van der Waals surface area contributed by atoms with Crippen LogP contribution >= 0.6 is 0 Å². The van der Waals surface area contributed by atoms with Crippen LogP contribution in [0, 0.1) is 0 Å². The standard InChI is InChI=1S/C13H20O2/c1-6-7-10(2)8-9-11(3)12(4)13(14)15-5/h8-9H,4,6-7H2,1-3,5H3/b10-8-,11-9-. The molecule has 2 heteroatoms. The number of carbonyl (C=O) groups excluding carboxylic acids is 1. The zero-order chi connectivity index (χ0) is 11.8. The molecular weight excluding hydrogens is 188 g/mol. The number of esters is 1. The van der Waals surface area contributed by atoms with Crippen LogP contribution in [0.4, 0.5) is 0 Å². The zero-order valence-electron chi connectivity index (χ0n) is 10.1. The highest BCUT2D eigenvalue weighted by atomic mass is 16.5. The molecule has 0 aliphatic heterocycles. The number of rotatable bonds is 5. The Kier molecular flexibility index (Phi) is 6.43. The lowest BCUT2D eigenvalue weighted by atomic mass is 10.1. The molecule has 0 N–H and O–H groups in total. The van der Waals surface area contributed by atoms with Crippen LogP contribution < -0.4 is 0 Å². The lowest BCUT2D eigenvalue weighted by Crippen LogP contribution is -2.04. The summed E-state index contributed by atoms with van der Waals surface area (Å²) in [6, 6.07) is 0. The fourth-order valence-electron chi connectivity index (χ4n) is 1.13. The number of allylic oxidation sites excluding steroid dienone is 3. The van der Waals surface area contributed by atoms with Gasteiger partial charge in [-0.15, -0.1) is 0 Å². The Morgan fingerprint density at radius 3 is 2.40 bits per heavy atom. The molecule has 0 bridgehead atoms. The van der Waals surface area contributed by atoms with Gasteiger partial charge in [-0.2, -0.15) is 0 Å². The van der Waals surface area contributed by atoms with E-state index >= 15 is 0 Å². The summed E-state index contributed by atoms with van der Waals surface area (Å²) in [5.74, 6) is -0.370. The lowest BCUT2D eigenvalue weighted by Gasteiger charge is -2.02. The molecule has 84 valence electrons. The first kappa shape index (κ1) is 13.7. The van der Waals surface area contributed by atoms with Crippen LogP contribution in [-0.4, -0.2) is 13.1 Å². The van der Waals surface area contributed by atoms with E-state index in [2.05, 4.69) is 25.2 Å². The first-order chi connectivity index (χ1) is 7.02. The molecule has 0 amide bonds. The van der Waals surface area contributed by atoms with Crippen molar-refractivity contribution >= 4 is 5.97 Å². The van der Waals surface area contributed by atoms with Gasteiger partial charge in [-0.3, -0.25) is 0 Å². The van der Waals surface area contributed by atoms with E-state index in [4.69, 9.17) is 0 Å². The highest BCUT2D eigenvalue weighted by Gasteiger charge is 2.06. The van der Waals surface area contributed by atoms with E-state index in [1.165, 1.54) is 12.7 Å². The number of ether oxygens (including phenoxy) is 1. The molecule has 0 unspecified atom stereocenters. The van der Waals surface area contributed by atoms with Gasteiger partial charge in [0.25, 0.3) is 0 Å². The summed E-state index contributed by atoms with van der Waals surface area (Å²) in [4.78, 5) is 11.1. The van der Waals surface area contributed by atoms with Crippen LogP contribution in [-0.2, 0) is 9.53 Å². The summed E-state index contributed by atoms with van der Waals surface area (Å²) < 4.78 is 4.59. The average molecular weight is 208 g/mol. The maximum absolute atomic E-state index is 11.1. The van der Waals surface area contributed by atoms with Crippen LogP contribution in [0.25, 0.3) is 0 Å². The topological polar surface area (TPSA) is 26.3 Å². The average Bonchev–Trinajstić information content (AvgIpc) is 2.24. The van der Waals surface area contributed by atoms with Crippen molar-refractivity contribution in [2.45, 2.75) is 33.6 Å². The Morgan fingerprint density at radius 1 is 1.33 bits per heavy atom. The maximum Gasteiger partial charge on any atom is 0.337 e. The van der Waals surface area contributed by atoms with Crippen molar-refractivity contribution in [2.75, 3.05) is 7.11 Å². The van der Waals surface area contributed by atoms with Gasteiger partial charge in [-0.05, 0) is 25.8 Å². The van der Waals surface area contributed by atoms with Gasteiger partial charge in [0, 0.05) is 0 Å². The second-order valence-electron chi connectivity index (χ2n) is 3.58. The Labute approximate surface area is 92.3 Å². The number of carbonyl (C=O) groups is 1. The fourth-order valence-corrected chi connectivity index (χ4v) is 1.13. The third-order valence-corrected chi connectivity index (χ3v) is 2.17. The first-order valence-corrected chi connectivity index (χ1v) is 5.14. The van der Waals surface area contributed by atoms with Gasteiger partial charge in [0.15, 0.2) is 0 Å². The Bertz CT molecular complexity index is 296. The van der Waals surface area contributed by atoms with Crippen LogP contribution in [0.3, 0.4) is 0 Å². The van der Waals surface area contributed by atoms with Crippen molar-refractivity contribution in [3.05, 3.63) is 35.5 Å². The minimum atomic E-state index is -0.370. The van der Waals surface area contributed by atoms with E-state index in [0.717, 1.165) is 18.4 Å². The van der Waals surface area contributed by atoms with Gasteiger partial charge in [-0.25, -0.2) is 4.79 Å². The molecule has 0 radical (unpaired) electrons. The molecule has 15 heavy (non-hydrogen) atoms. The normalized spacial score (nSPS) is 12.5. The molecule has 2 nitrogen and oxygen atoms in total. The third kappa shape index (κ3) is 5.21. The van der Waals surface area contributed by atoms with Crippen LogP contribution in [0.2, 0.25) is 0 Å². The second kappa shape index (κ2) is 7.04. The van der Waals surface area contributed by atoms with E-state index in [-0.39, 0.29) is 5.97 Å². The predicted octanol–water partition coefficient (Wildman–Crippen LogP) is 3.41. The summed E-state index contributed by atoms with van der Waals surface area (Å²) in [6.45, 7) is 9.75. The molecule has 0 saturated heterocycles. The molecule has 0 atom stereocenters. The minimum Gasteiger partial charge on any atom is -0.465 e. The van der Waals surface area contributed by atoms with E-state index in [1.54, 1.807) is 0 Å². The van der Waals surface area contributed by atoms with Gasteiger partial charge in [0.2, 0.25) is 0 Å². The first-order valence-electron chi connectivity index (χ1n) is 5.14. The Hall–Kier alpha value is -1.31. The zero-order valence-corrected chi connectivity index (χ0v) is 10.1. The van der Waals surface area contributed by atoms with Crippen molar-refractivity contribution in [1.29, 1.82) is 0 Å². The molecule has 0 rings (SSSR count). The van der Waals surface area contributed by atoms with Crippen LogP contribution in [0.1, 0.15) is 33.6 Å². The Morgan fingerprint density at radius 2 is 1.93 bits per heavy atom. The summed E-state index contributed by atoms with van der Waals surface area (Å²) >= 11 is 0. The van der Waals surface area contributed by atoms with E-state index in [1.807, 2.05) is 19.1 Å². The minimum absolute atomic E-state index is 0.370. The fraction of sp³-hybridized carbons (Fsp3) is 0.462. The summed E-state index contributed by atoms with van der Waals surface area (Å²) in [6.07, 6.45) is 6.14. The molecule has 0 aromatic heterocycles. The maximum atomic E-state index is 11.1. The van der Waals surface area contributed by atoms with E-state index in [9.17, 15) is 4.79 Å². The molecule has 0 aromatic rings. The van der Waals surface area contributed by atoms with Gasteiger partial charge in [0.1, 0.15) is 0 Å². The SMILES string of the molecule is C=C(C(=O)OC)/C(C)=C\C=C(\C)CCC. The van der Waals surface area contributed by atoms with Gasteiger partial charge < -0.3 is 4.74 Å². The van der Waals surface area contributed by atoms with Crippen LogP contribution in [0.15, 0.2) is 35.5 Å². The van der Waals surface area contributed by atoms with Crippen molar-refractivity contribution in [1.82, 2.24) is 0 Å². The largest absolute Gasteiger partial charge is 0.465 e. The van der Waals surface area contributed by atoms with Crippen LogP contribution in [0.5, 0.6) is 0 Å². The van der Waals surface area contributed by atoms with Gasteiger partial charge in [-0.1, -0.05) is 37.6 Å². The number of hydrogen-bond donors (Lipinski definition) is 0. The second-order valence-corrected chi connectivity index (χ2v) is 3.58. The highest BCUT2D eigenvalue weighted by Crippen LogP contribution is 2.10. The van der Waals surface area contributed by atoms with Crippen molar-refractivity contribution < 1.29 is 9.53 Å². The van der Waals surface area contributed by atoms with E-state index in [0.29, 0.717) is 5.57 Å². The monoisotopic (exact) mass is 208 g/mol. The highest BCUT2D eigenvalue weighted by molar-refractivity contribution is 5.92. The molecule has 0 heterocycles. The van der Waals surface area contributed by atoms with Crippen molar-refractivity contribution in [3.8, 4) is 0 Å². The van der Waals surface area contributed by atoms with Crippen molar-refractivity contribution in [3.63, 3.8) is 0 Å². The molecule has 0 aromatic carbocycles. The van der Waals surface area contributed by atoms with Crippen molar-refractivity contribution in [2.24, 2.45) is 0 Å². The summed E-state index contributed by atoms with van der Waals surface area (Å²) in [5, 5.41) is 0. The molecule has 0 fully saturated rings. The smallest absolute Gasteiger partial charge is 0.337 e. The molecular formula is C13H20O2. The lowest BCUT2D eigenvalue weighted by molar-refractivity contribution is -0.135. The quantitative estimate of drug-likeness (QED) is 0.393.